The number of methoxy groups -OCH3 is 2. The van der Waals surface area contributed by atoms with E-state index in [9.17, 15) is 9.59 Å². The first-order chi connectivity index (χ1) is 12.0. The molecule has 2 N–H and O–H groups in total. The summed E-state index contributed by atoms with van der Waals surface area (Å²) in [5.41, 5.74) is 4.77. The number of ether oxygens (including phenoxy) is 3. The number of carbonyl (C=O) groups is 2. The van der Waals surface area contributed by atoms with E-state index in [1.165, 1.54) is 0 Å². The van der Waals surface area contributed by atoms with Gasteiger partial charge in [-0.25, -0.2) is 0 Å². The Morgan fingerprint density at radius 1 is 1.16 bits per heavy atom. The van der Waals surface area contributed by atoms with E-state index in [4.69, 9.17) is 25.8 Å². The van der Waals surface area contributed by atoms with Crippen molar-refractivity contribution in [2.75, 3.05) is 20.8 Å². The van der Waals surface area contributed by atoms with Crippen molar-refractivity contribution in [3.8, 4) is 0 Å². The second-order valence-corrected chi connectivity index (χ2v) is 8.18. The highest BCUT2D eigenvalue weighted by atomic mass is 35.5. The molecule has 0 bridgehead atoms. The average molecular weight is 373 g/mol. The van der Waals surface area contributed by atoms with Gasteiger partial charge in [0.1, 0.15) is 0 Å². The fourth-order valence-electron chi connectivity index (χ4n) is 5.22. The maximum Gasteiger partial charge on any atom is 0.188 e. The molecule has 7 nitrogen and oxygen atoms in total. The highest BCUT2D eigenvalue weighted by molar-refractivity contribution is 6.23. The smallest absolute Gasteiger partial charge is 0.188 e. The first-order valence-corrected chi connectivity index (χ1v) is 9.33. The van der Waals surface area contributed by atoms with Crippen molar-refractivity contribution in [1.82, 2.24) is 10.9 Å². The second-order valence-electron chi connectivity index (χ2n) is 7.68. The van der Waals surface area contributed by atoms with Crippen molar-refractivity contribution >= 4 is 23.2 Å². The van der Waals surface area contributed by atoms with Crippen molar-refractivity contribution in [3.63, 3.8) is 0 Å². The monoisotopic (exact) mass is 372 g/mol. The SMILES string of the molecule is COC1CC(OC)C2C(=O)[C@@]3(OC2C1Cl)C(=O)C1CNNC1C[C@H]3C. The molecule has 9 atom stereocenters. The molecule has 2 saturated carbocycles. The number of halogens is 1. The minimum absolute atomic E-state index is 0.0453. The maximum atomic E-state index is 13.5. The lowest BCUT2D eigenvalue weighted by Gasteiger charge is -2.41. The lowest BCUT2D eigenvalue weighted by Crippen LogP contribution is -2.61. The second kappa shape index (κ2) is 6.25. The first kappa shape index (κ1) is 17.8. The van der Waals surface area contributed by atoms with Crippen LogP contribution in [-0.4, -0.2) is 67.7 Å². The molecule has 0 aromatic rings. The summed E-state index contributed by atoms with van der Waals surface area (Å²) in [4.78, 5) is 26.8. The van der Waals surface area contributed by atoms with Crippen LogP contribution < -0.4 is 10.9 Å². The van der Waals surface area contributed by atoms with Gasteiger partial charge < -0.3 is 14.2 Å². The van der Waals surface area contributed by atoms with Crippen LogP contribution >= 0.6 is 11.6 Å². The standard InChI is InChI=1S/C17H25ClN2O5/c1-7-4-9-8(6-19-20-9)15(21)17(7)16(22)12-10(23-2)5-11(24-3)13(18)14(12)25-17/h7-14,19-20H,4-6H2,1-3H3/t7-,8?,9?,10?,11?,12?,13?,14?,17+/m1/s1. The molecule has 140 valence electrons. The molecule has 25 heavy (non-hydrogen) atoms. The molecule has 2 saturated heterocycles. The van der Waals surface area contributed by atoms with Crippen molar-refractivity contribution in [3.05, 3.63) is 0 Å². The topological polar surface area (TPSA) is 85.9 Å². The Hall–Kier alpha value is -0.570. The summed E-state index contributed by atoms with van der Waals surface area (Å²) in [6, 6.07) is 0.0453. The van der Waals surface area contributed by atoms with E-state index in [0.29, 0.717) is 19.4 Å². The molecule has 2 aliphatic heterocycles. The number of hydrogen-bond donors (Lipinski definition) is 2. The number of Topliss-reactive ketones (excluding diaryl/α,β-unsaturated/α-hetero) is 2. The largest absolute Gasteiger partial charge is 0.380 e. The van der Waals surface area contributed by atoms with E-state index in [1.54, 1.807) is 14.2 Å². The van der Waals surface area contributed by atoms with Crippen molar-refractivity contribution in [2.45, 2.75) is 55.1 Å². The van der Waals surface area contributed by atoms with Gasteiger partial charge in [-0.15, -0.1) is 11.6 Å². The zero-order valence-electron chi connectivity index (χ0n) is 14.7. The Morgan fingerprint density at radius 2 is 1.88 bits per heavy atom. The fraction of sp³-hybridized carbons (Fsp3) is 0.882. The predicted octanol–water partition coefficient (Wildman–Crippen LogP) is 0.0519. The van der Waals surface area contributed by atoms with Crippen LogP contribution in [0.4, 0.5) is 0 Å². The first-order valence-electron chi connectivity index (χ1n) is 8.90. The number of nitrogens with one attached hydrogen (secondary N) is 2. The van der Waals surface area contributed by atoms with Gasteiger partial charge in [-0.2, -0.15) is 0 Å². The molecule has 4 aliphatic rings. The minimum Gasteiger partial charge on any atom is -0.380 e. The van der Waals surface area contributed by atoms with Crippen LogP contribution in [-0.2, 0) is 23.8 Å². The summed E-state index contributed by atoms with van der Waals surface area (Å²) >= 11 is 6.59. The molecular weight excluding hydrogens is 348 g/mol. The molecule has 4 rings (SSSR count). The summed E-state index contributed by atoms with van der Waals surface area (Å²) in [6.45, 7) is 2.44. The van der Waals surface area contributed by atoms with Gasteiger partial charge in [-0.05, 0) is 6.42 Å². The van der Waals surface area contributed by atoms with Crippen LogP contribution in [0, 0.1) is 17.8 Å². The molecule has 1 spiro atoms. The van der Waals surface area contributed by atoms with Crippen LogP contribution in [0.15, 0.2) is 0 Å². The third-order valence-corrected chi connectivity index (χ3v) is 7.11. The summed E-state index contributed by atoms with van der Waals surface area (Å²) in [6.07, 6.45) is 0.0304. The van der Waals surface area contributed by atoms with E-state index in [1.807, 2.05) is 6.92 Å². The Bertz CT molecular complexity index is 589. The van der Waals surface area contributed by atoms with Gasteiger partial charge in [-0.1, -0.05) is 6.92 Å². The maximum absolute atomic E-state index is 13.5. The number of ketones is 2. The number of hydrazine groups is 1. The van der Waals surface area contributed by atoms with E-state index >= 15 is 0 Å². The number of carbonyl (C=O) groups excluding carboxylic acids is 2. The normalized spacial score (nSPS) is 52.5. The fourth-order valence-corrected chi connectivity index (χ4v) is 5.63. The highest BCUT2D eigenvalue weighted by Crippen LogP contribution is 2.51. The number of fused-ring (bicyclic) bond motifs is 2. The summed E-state index contributed by atoms with van der Waals surface area (Å²) in [5, 5.41) is -0.484. The van der Waals surface area contributed by atoms with Crippen LogP contribution in [0.1, 0.15) is 19.8 Å². The van der Waals surface area contributed by atoms with E-state index < -0.39 is 23.0 Å². The molecular formula is C17H25ClN2O5. The van der Waals surface area contributed by atoms with Crippen LogP contribution in [0.2, 0.25) is 0 Å². The van der Waals surface area contributed by atoms with Crippen LogP contribution in [0.3, 0.4) is 0 Å². The van der Waals surface area contributed by atoms with Crippen molar-refractivity contribution in [2.24, 2.45) is 17.8 Å². The quantitative estimate of drug-likeness (QED) is 0.523. The molecule has 4 fully saturated rings. The summed E-state index contributed by atoms with van der Waals surface area (Å²) < 4.78 is 17.3. The third-order valence-electron chi connectivity index (χ3n) is 6.58. The minimum atomic E-state index is -1.41. The van der Waals surface area contributed by atoms with Gasteiger partial charge in [0.25, 0.3) is 0 Å². The molecule has 0 amide bonds. The number of rotatable bonds is 2. The van der Waals surface area contributed by atoms with Crippen molar-refractivity contribution in [1.29, 1.82) is 0 Å². The lowest BCUT2D eigenvalue weighted by molar-refractivity contribution is -0.168. The zero-order chi connectivity index (χ0) is 17.9. The molecule has 0 aromatic carbocycles. The van der Waals surface area contributed by atoms with Gasteiger partial charge in [-0.3, -0.25) is 20.4 Å². The molecule has 0 aromatic heterocycles. The Kier molecular flexibility index (Phi) is 4.46. The molecule has 2 heterocycles. The summed E-state index contributed by atoms with van der Waals surface area (Å²) in [7, 11) is 3.17. The van der Waals surface area contributed by atoms with E-state index in [-0.39, 0.29) is 41.7 Å². The van der Waals surface area contributed by atoms with Gasteiger partial charge in [0, 0.05) is 39.1 Å². The Labute approximate surface area is 152 Å². The van der Waals surface area contributed by atoms with Crippen LogP contribution in [0.25, 0.3) is 0 Å². The lowest BCUT2D eigenvalue weighted by atomic mass is 9.65. The highest BCUT2D eigenvalue weighted by Gasteiger charge is 2.69. The number of alkyl halides is 1. The zero-order valence-corrected chi connectivity index (χ0v) is 15.4. The predicted molar refractivity (Wildman–Crippen MR) is 89.2 cm³/mol. The molecule has 8 heteroatoms. The third kappa shape index (κ3) is 2.30. The molecule has 2 aliphatic carbocycles. The van der Waals surface area contributed by atoms with Gasteiger partial charge >= 0.3 is 0 Å². The average Bonchev–Trinajstić information content (AvgIpc) is 3.18. The summed E-state index contributed by atoms with van der Waals surface area (Å²) in [5.74, 6) is -1.28. The Balaban J connectivity index is 1.72. The van der Waals surface area contributed by atoms with Crippen molar-refractivity contribution < 1.29 is 23.8 Å². The molecule has 0 radical (unpaired) electrons. The van der Waals surface area contributed by atoms with E-state index in [0.717, 1.165) is 0 Å². The van der Waals surface area contributed by atoms with Crippen LogP contribution in [0.5, 0.6) is 0 Å². The van der Waals surface area contributed by atoms with Gasteiger partial charge in [0.15, 0.2) is 17.2 Å². The molecule has 7 unspecified atom stereocenters. The van der Waals surface area contributed by atoms with E-state index in [2.05, 4.69) is 10.9 Å². The van der Waals surface area contributed by atoms with Gasteiger partial charge in [0.05, 0.1) is 35.5 Å². The van der Waals surface area contributed by atoms with Gasteiger partial charge in [0.2, 0.25) is 0 Å². The number of hydrogen-bond acceptors (Lipinski definition) is 7. The Morgan fingerprint density at radius 3 is 2.56 bits per heavy atom.